The van der Waals surface area contributed by atoms with Crippen LogP contribution in [0.4, 0.5) is 10.8 Å². The van der Waals surface area contributed by atoms with E-state index < -0.39 is 4.92 Å². The van der Waals surface area contributed by atoms with E-state index >= 15 is 0 Å². The van der Waals surface area contributed by atoms with Crippen molar-refractivity contribution in [2.75, 3.05) is 45.3 Å². The van der Waals surface area contributed by atoms with Crippen molar-refractivity contribution in [1.29, 1.82) is 0 Å². The van der Waals surface area contributed by atoms with Gasteiger partial charge in [-0.2, -0.15) is 0 Å². The number of thiazole rings is 1. The Morgan fingerprint density at radius 2 is 1.90 bits per heavy atom. The Morgan fingerprint density at radius 1 is 1.13 bits per heavy atom. The van der Waals surface area contributed by atoms with Gasteiger partial charge < -0.3 is 19.3 Å². The van der Waals surface area contributed by atoms with Crippen molar-refractivity contribution < 1.29 is 19.2 Å². The number of anilines is 1. The molecule has 9 nitrogen and oxygen atoms in total. The SMILES string of the molecule is COc1cccc(C(=O)N2CCN(c3nc4ccc([N+](=O)[O-])cc4s3)CC2)c1OC. The minimum atomic E-state index is -0.407. The lowest BCUT2D eigenvalue weighted by Gasteiger charge is -2.34. The molecule has 0 spiro atoms. The van der Waals surface area contributed by atoms with E-state index in [0.29, 0.717) is 43.2 Å². The summed E-state index contributed by atoms with van der Waals surface area (Å²) in [5.41, 5.74) is 1.26. The summed E-state index contributed by atoms with van der Waals surface area (Å²) in [4.78, 5) is 32.1. The van der Waals surface area contributed by atoms with Gasteiger partial charge in [-0.15, -0.1) is 0 Å². The Morgan fingerprint density at radius 3 is 2.57 bits per heavy atom. The van der Waals surface area contributed by atoms with Crippen LogP contribution < -0.4 is 14.4 Å². The van der Waals surface area contributed by atoms with Crippen molar-refractivity contribution in [1.82, 2.24) is 9.88 Å². The molecule has 2 aromatic carbocycles. The predicted molar refractivity (Wildman–Crippen MR) is 114 cm³/mol. The van der Waals surface area contributed by atoms with Gasteiger partial charge in [0, 0.05) is 38.3 Å². The number of amides is 1. The second-order valence-corrected chi connectivity index (χ2v) is 7.74. The number of benzene rings is 2. The molecule has 4 rings (SSSR count). The Balaban J connectivity index is 1.48. The second kappa shape index (κ2) is 8.15. The van der Waals surface area contributed by atoms with Crippen LogP contribution in [0.25, 0.3) is 10.2 Å². The van der Waals surface area contributed by atoms with Crippen molar-refractivity contribution in [2.24, 2.45) is 0 Å². The summed E-state index contributed by atoms with van der Waals surface area (Å²) >= 11 is 1.42. The number of carbonyl (C=O) groups excluding carboxylic acids is 1. The molecule has 1 fully saturated rings. The molecule has 2 heterocycles. The zero-order chi connectivity index (χ0) is 21.3. The lowest BCUT2D eigenvalue weighted by atomic mass is 10.1. The van der Waals surface area contributed by atoms with E-state index in [4.69, 9.17) is 9.47 Å². The number of nitro groups is 1. The number of piperazine rings is 1. The standard InChI is InChI=1S/C20H20N4O5S/c1-28-16-5-3-4-14(18(16)29-2)19(25)22-8-10-23(11-9-22)20-21-15-7-6-13(24(26)27)12-17(15)30-20/h3-7,12H,8-11H2,1-2H3. The third kappa shape index (κ3) is 3.61. The number of para-hydroxylation sites is 1. The number of rotatable bonds is 5. The maximum absolute atomic E-state index is 13.0. The summed E-state index contributed by atoms with van der Waals surface area (Å²) in [5, 5.41) is 11.8. The van der Waals surface area contributed by atoms with E-state index in [-0.39, 0.29) is 11.6 Å². The normalized spacial score (nSPS) is 14.1. The number of nitro benzene ring substituents is 1. The van der Waals surface area contributed by atoms with Crippen LogP contribution in [0.2, 0.25) is 0 Å². The number of fused-ring (bicyclic) bond motifs is 1. The molecule has 30 heavy (non-hydrogen) atoms. The molecule has 1 saturated heterocycles. The summed E-state index contributed by atoms with van der Waals surface area (Å²) in [6, 6.07) is 9.93. The van der Waals surface area contributed by atoms with Crippen LogP contribution >= 0.6 is 11.3 Å². The highest BCUT2D eigenvalue weighted by atomic mass is 32.1. The molecule has 1 amide bonds. The zero-order valence-corrected chi connectivity index (χ0v) is 17.3. The fraction of sp³-hybridized carbons (Fsp3) is 0.300. The molecule has 0 unspecified atom stereocenters. The lowest BCUT2D eigenvalue weighted by molar-refractivity contribution is -0.384. The highest BCUT2D eigenvalue weighted by molar-refractivity contribution is 7.22. The Bertz CT molecular complexity index is 1110. The van der Waals surface area contributed by atoms with Crippen LogP contribution in [0, 0.1) is 10.1 Å². The van der Waals surface area contributed by atoms with E-state index in [9.17, 15) is 14.9 Å². The monoisotopic (exact) mass is 428 g/mol. The molecule has 0 saturated carbocycles. The number of hydrogen-bond acceptors (Lipinski definition) is 8. The highest BCUT2D eigenvalue weighted by Crippen LogP contribution is 2.33. The van der Waals surface area contributed by atoms with Gasteiger partial charge in [-0.05, 0) is 18.2 Å². The number of carbonyl (C=O) groups is 1. The third-order valence-corrected chi connectivity index (χ3v) is 6.12. The van der Waals surface area contributed by atoms with Crippen molar-refractivity contribution in [2.45, 2.75) is 0 Å². The predicted octanol–water partition coefficient (Wildman–Crippen LogP) is 3.18. The van der Waals surface area contributed by atoms with Gasteiger partial charge >= 0.3 is 0 Å². The average molecular weight is 428 g/mol. The molecule has 0 bridgehead atoms. The first kappa shape index (κ1) is 19.9. The average Bonchev–Trinajstić information content (AvgIpc) is 3.21. The maximum Gasteiger partial charge on any atom is 0.270 e. The van der Waals surface area contributed by atoms with Crippen LogP contribution in [0.5, 0.6) is 11.5 Å². The number of aromatic nitrogens is 1. The van der Waals surface area contributed by atoms with E-state index in [1.165, 1.54) is 31.6 Å². The minimum absolute atomic E-state index is 0.0559. The van der Waals surface area contributed by atoms with Gasteiger partial charge in [-0.25, -0.2) is 4.98 Å². The van der Waals surface area contributed by atoms with Crippen LogP contribution in [-0.2, 0) is 0 Å². The van der Waals surface area contributed by atoms with Crippen LogP contribution in [0.1, 0.15) is 10.4 Å². The van der Waals surface area contributed by atoms with E-state index in [1.54, 1.807) is 35.2 Å². The molecule has 0 aliphatic carbocycles. The smallest absolute Gasteiger partial charge is 0.270 e. The van der Waals surface area contributed by atoms with Gasteiger partial charge in [0.05, 0.1) is 34.9 Å². The molecule has 1 aromatic heterocycles. The molecule has 1 aliphatic rings. The van der Waals surface area contributed by atoms with Gasteiger partial charge in [0.15, 0.2) is 16.6 Å². The second-order valence-electron chi connectivity index (χ2n) is 6.73. The van der Waals surface area contributed by atoms with Crippen molar-refractivity contribution in [3.8, 4) is 11.5 Å². The lowest BCUT2D eigenvalue weighted by Crippen LogP contribution is -2.48. The number of nitrogens with zero attached hydrogens (tertiary/aromatic N) is 4. The summed E-state index contributed by atoms with van der Waals surface area (Å²) < 4.78 is 11.5. The number of methoxy groups -OCH3 is 2. The molecular weight excluding hydrogens is 408 g/mol. The first-order valence-electron chi connectivity index (χ1n) is 9.32. The van der Waals surface area contributed by atoms with Crippen molar-refractivity contribution >= 4 is 38.3 Å². The van der Waals surface area contributed by atoms with Crippen LogP contribution in [0.15, 0.2) is 36.4 Å². The summed E-state index contributed by atoms with van der Waals surface area (Å²) in [5.74, 6) is 0.844. The molecule has 1 aliphatic heterocycles. The summed E-state index contributed by atoms with van der Waals surface area (Å²) in [6.07, 6.45) is 0. The Labute approximate surface area is 176 Å². The van der Waals surface area contributed by atoms with E-state index in [2.05, 4.69) is 9.88 Å². The fourth-order valence-corrected chi connectivity index (χ4v) is 4.53. The topological polar surface area (TPSA) is 98.0 Å². The number of hydrogen-bond donors (Lipinski definition) is 0. The molecule has 3 aromatic rings. The largest absolute Gasteiger partial charge is 0.493 e. The van der Waals surface area contributed by atoms with Gasteiger partial charge in [0.2, 0.25) is 0 Å². The van der Waals surface area contributed by atoms with Crippen LogP contribution in [-0.4, -0.2) is 61.1 Å². The first-order chi connectivity index (χ1) is 14.5. The Kier molecular flexibility index (Phi) is 5.40. The fourth-order valence-electron chi connectivity index (χ4n) is 3.48. The maximum atomic E-state index is 13.0. The first-order valence-corrected chi connectivity index (χ1v) is 10.1. The molecule has 0 atom stereocenters. The molecule has 0 radical (unpaired) electrons. The molecule has 0 N–H and O–H groups in total. The third-order valence-electron chi connectivity index (χ3n) is 5.04. The van der Waals surface area contributed by atoms with Crippen LogP contribution in [0.3, 0.4) is 0 Å². The number of non-ortho nitro benzene ring substituents is 1. The molecular formula is C20H20N4O5S. The van der Waals surface area contributed by atoms with Crippen molar-refractivity contribution in [3.63, 3.8) is 0 Å². The minimum Gasteiger partial charge on any atom is -0.493 e. The Hall–Kier alpha value is -3.40. The quantitative estimate of drug-likeness (QED) is 0.455. The zero-order valence-electron chi connectivity index (χ0n) is 16.5. The van der Waals surface area contributed by atoms with E-state index in [0.717, 1.165) is 15.3 Å². The van der Waals surface area contributed by atoms with Gasteiger partial charge in [-0.1, -0.05) is 17.4 Å². The van der Waals surface area contributed by atoms with E-state index in [1.807, 2.05) is 0 Å². The van der Waals surface area contributed by atoms with Crippen molar-refractivity contribution in [3.05, 3.63) is 52.1 Å². The number of ether oxygens (including phenoxy) is 2. The molecule has 10 heteroatoms. The highest BCUT2D eigenvalue weighted by Gasteiger charge is 2.27. The summed E-state index contributed by atoms with van der Waals surface area (Å²) in [7, 11) is 3.06. The van der Waals surface area contributed by atoms with Gasteiger partial charge in [-0.3, -0.25) is 14.9 Å². The summed E-state index contributed by atoms with van der Waals surface area (Å²) in [6.45, 7) is 2.32. The van der Waals surface area contributed by atoms with Gasteiger partial charge in [0.25, 0.3) is 11.6 Å². The van der Waals surface area contributed by atoms with Gasteiger partial charge in [0.1, 0.15) is 0 Å². The molecule has 156 valence electrons.